The van der Waals surface area contributed by atoms with E-state index in [0.717, 1.165) is 10.0 Å². The summed E-state index contributed by atoms with van der Waals surface area (Å²) < 4.78 is 11.3. The molecule has 0 aliphatic heterocycles. The monoisotopic (exact) mass is 398 g/mol. The van der Waals surface area contributed by atoms with Crippen LogP contribution in [0.1, 0.15) is 5.56 Å². The van der Waals surface area contributed by atoms with Crippen LogP contribution in [0.25, 0.3) is 0 Å². The van der Waals surface area contributed by atoms with Crippen LogP contribution in [0.15, 0.2) is 34.8 Å². The second-order valence-electron chi connectivity index (χ2n) is 4.73. The number of methoxy groups -OCH3 is 2. The number of halogens is 2. The number of carbonyl (C=O) groups is 1. The van der Waals surface area contributed by atoms with Gasteiger partial charge in [-0.3, -0.25) is 0 Å². The van der Waals surface area contributed by atoms with Crippen LogP contribution in [0.4, 0.5) is 16.2 Å². The summed E-state index contributed by atoms with van der Waals surface area (Å²) in [4.78, 5) is 12.2. The average molecular weight is 400 g/mol. The number of hydrogen-bond acceptors (Lipinski definition) is 3. The Hall–Kier alpha value is -1.92. The number of amides is 2. The number of ether oxygens (including phenoxy) is 2. The van der Waals surface area contributed by atoms with Gasteiger partial charge in [0.05, 0.1) is 24.9 Å². The molecule has 2 amide bonds. The molecular weight excluding hydrogens is 384 g/mol. The summed E-state index contributed by atoms with van der Waals surface area (Å²) in [6.07, 6.45) is 0. The zero-order valence-electron chi connectivity index (χ0n) is 12.9. The summed E-state index contributed by atoms with van der Waals surface area (Å²) in [6.45, 7) is 1.97. The summed E-state index contributed by atoms with van der Waals surface area (Å²) in [5.41, 5.74) is 2.21. The Labute approximate surface area is 148 Å². The Morgan fingerprint density at radius 2 is 1.78 bits per heavy atom. The van der Waals surface area contributed by atoms with Crippen molar-refractivity contribution < 1.29 is 14.3 Å². The maximum absolute atomic E-state index is 12.2. The minimum Gasteiger partial charge on any atom is -0.495 e. The molecule has 2 aromatic carbocycles. The molecule has 0 unspecified atom stereocenters. The lowest BCUT2D eigenvalue weighted by molar-refractivity contribution is 0.262. The lowest BCUT2D eigenvalue weighted by Gasteiger charge is -2.14. The molecule has 0 saturated heterocycles. The van der Waals surface area contributed by atoms with E-state index >= 15 is 0 Å². The van der Waals surface area contributed by atoms with Crippen LogP contribution in [-0.4, -0.2) is 20.3 Å². The summed E-state index contributed by atoms with van der Waals surface area (Å²) >= 11 is 9.47. The summed E-state index contributed by atoms with van der Waals surface area (Å²) in [5, 5.41) is 5.87. The number of carbonyl (C=O) groups excluding carboxylic acids is 1. The van der Waals surface area contributed by atoms with E-state index in [1.165, 1.54) is 14.2 Å². The highest BCUT2D eigenvalue weighted by Crippen LogP contribution is 2.35. The van der Waals surface area contributed by atoms with Gasteiger partial charge in [0.15, 0.2) is 0 Å². The zero-order valence-corrected chi connectivity index (χ0v) is 15.2. The van der Waals surface area contributed by atoms with Gasteiger partial charge in [-0.25, -0.2) is 4.79 Å². The fourth-order valence-corrected chi connectivity index (χ4v) is 2.52. The molecule has 0 atom stereocenters. The number of aryl methyl sites for hydroxylation is 1. The molecule has 7 heteroatoms. The highest BCUT2D eigenvalue weighted by molar-refractivity contribution is 9.10. The Kier molecular flexibility index (Phi) is 5.74. The molecule has 2 N–H and O–H groups in total. The fourth-order valence-electron chi connectivity index (χ4n) is 1.91. The van der Waals surface area contributed by atoms with Crippen LogP contribution in [0, 0.1) is 6.92 Å². The SMILES string of the molecule is COc1cc(NC(=O)Nc2ccc(C)c(Br)c2)c(OC)cc1Cl. The van der Waals surface area contributed by atoms with Crippen LogP contribution in [0.2, 0.25) is 5.02 Å². The predicted octanol–water partition coefficient (Wildman–Crippen LogP) is 5.07. The van der Waals surface area contributed by atoms with E-state index in [1.54, 1.807) is 12.1 Å². The van der Waals surface area contributed by atoms with E-state index in [1.807, 2.05) is 25.1 Å². The molecule has 2 rings (SSSR count). The van der Waals surface area contributed by atoms with Crippen molar-refractivity contribution in [3.8, 4) is 11.5 Å². The third-order valence-electron chi connectivity index (χ3n) is 3.15. The number of nitrogens with one attached hydrogen (secondary N) is 2. The van der Waals surface area contributed by atoms with Crippen molar-refractivity contribution in [3.05, 3.63) is 45.4 Å². The Morgan fingerprint density at radius 1 is 1.09 bits per heavy atom. The maximum atomic E-state index is 12.2. The molecule has 122 valence electrons. The quantitative estimate of drug-likeness (QED) is 0.754. The molecule has 0 aliphatic carbocycles. The normalized spacial score (nSPS) is 10.1. The van der Waals surface area contributed by atoms with Gasteiger partial charge in [0.2, 0.25) is 0 Å². The molecule has 0 aromatic heterocycles. The predicted molar refractivity (Wildman–Crippen MR) is 96.1 cm³/mol. The van der Waals surface area contributed by atoms with Crippen LogP contribution in [-0.2, 0) is 0 Å². The van der Waals surface area contributed by atoms with E-state index in [9.17, 15) is 4.79 Å². The zero-order chi connectivity index (χ0) is 17.0. The van der Waals surface area contributed by atoms with Gasteiger partial charge in [-0.05, 0) is 24.6 Å². The molecule has 0 heterocycles. The van der Waals surface area contributed by atoms with Crippen molar-refractivity contribution in [3.63, 3.8) is 0 Å². The van der Waals surface area contributed by atoms with Crippen molar-refractivity contribution in [1.82, 2.24) is 0 Å². The summed E-state index contributed by atoms with van der Waals surface area (Å²) in [6, 6.07) is 8.34. The average Bonchev–Trinajstić information content (AvgIpc) is 2.52. The molecule has 0 bridgehead atoms. The Morgan fingerprint density at radius 3 is 2.39 bits per heavy atom. The van der Waals surface area contributed by atoms with E-state index in [4.69, 9.17) is 21.1 Å². The first-order chi connectivity index (χ1) is 10.9. The van der Waals surface area contributed by atoms with Crippen LogP contribution in [0.5, 0.6) is 11.5 Å². The lowest BCUT2D eigenvalue weighted by atomic mass is 10.2. The van der Waals surface area contributed by atoms with E-state index in [-0.39, 0.29) is 0 Å². The van der Waals surface area contributed by atoms with Crippen molar-refractivity contribution >= 4 is 44.9 Å². The maximum Gasteiger partial charge on any atom is 0.323 e. The van der Waals surface area contributed by atoms with Crippen molar-refractivity contribution in [2.24, 2.45) is 0 Å². The number of benzene rings is 2. The van der Waals surface area contributed by atoms with Crippen molar-refractivity contribution in [2.75, 3.05) is 24.9 Å². The number of rotatable bonds is 4. The van der Waals surface area contributed by atoms with Crippen LogP contribution >= 0.6 is 27.5 Å². The number of urea groups is 1. The number of hydrogen-bond donors (Lipinski definition) is 2. The largest absolute Gasteiger partial charge is 0.495 e. The Balaban J connectivity index is 2.17. The molecule has 2 aromatic rings. The number of anilines is 2. The molecule has 0 spiro atoms. The van der Waals surface area contributed by atoms with Gasteiger partial charge in [-0.1, -0.05) is 33.6 Å². The van der Waals surface area contributed by atoms with Crippen molar-refractivity contribution in [2.45, 2.75) is 6.92 Å². The molecular formula is C16H16BrClN2O3. The lowest BCUT2D eigenvalue weighted by Crippen LogP contribution is -2.20. The van der Waals surface area contributed by atoms with Gasteiger partial charge in [-0.2, -0.15) is 0 Å². The van der Waals surface area contributed by atoms with E-state index in [0.29, 0.717) is 27.9 Å². The van der Waals surface area contributed by atoms with E-state index < -0.39 is 6.03 Å². The first-order valence-electron chi connectivity index (χ1n) is 6.70. The van der Waals surface area contributed by atoms with Gasteiger partial charge < -0.3 is 20.1 Å². The first kappa shape index (κ1) is 17.4. The molecule has 23 heavy (non-hydrogen) atoms. The standard InChI is InChI=1S/C16H16BrClN2O3/c1-9-4-5-10(6-11(9)17)19-16(21)20-13-8-14(22-2)12(18)7-15(13)23-3/h4-8H,1-3H3,(H2,19,20,21). The van der Waals surface area contributed by atoms with Gasteiger partial charge >= 0.3 is 6.03 Å². The van der Waals surface area contributed by atoms with E-state index in [2.05, 4.69) is 26.6 Å². The smallest absolute Gasteiger partial charge is 0.323 e. The third kappa shape index (κ3) is 4.30. The molecule has 0 aliphatic rings. The molecule has 0 fully saturated rings. The van der Waals surface area contributed by atoms with Gasteiger partial charge in [0.25, 0.3) is 0 Å². The first-order valence-corrected chi connectivity index (χ1v) is 7.87. The summed E-state index contributed by atoms with van der Waals surface area (Å²) in [7, 11) is 3.00. The van der Waals surface area contributed by atoms with Crippen LogP contribution in [0.3, 0.4) is 0 Å². The van der Waals surface area contributed by atoms with Gasteiger partial charge in [0, 0.05) is 22.3 Å². The van der Waals surface area contributed by atoms with Gasteiger partial charge in [-0.15, -0.1) is 0 Å². The third-order valence-corrected chi connectivity index (χ3v) is 4.30. The topological polar surface area (TPSA) is 59.6 Å². The molecule has 5 nitrogen and oxygen atoms in total. The van der Waals surface area contributed by atoms with Crippen LogP contribution < -0.4 is 20.1 Å². The Bertz CT molecular complexity index is 738. The summed E-state index contributed by atoms with van der Waals surface area (Å²) in [5.74, 6) is 0.886. The molecule has 0 saturated carbocycles. The second-order valence-corrected chi connectivity index (χ2v) is 5.99. The highest BCUT2D eigenvalue weighted by atomic mass is 79.9. The van der Waals surface area contributed by atoms with Crippen molar-refractivity contribution in [1.29, 1.82) is 0 Å². The van der Waals surface area contributed by atoms with Gasteiger partial charge in [0.1, 0.15) is 11.5 Å². The minimum absolute atomic E-state index is 0.400. The highest BCUT2D eigenvalue weighted by Gasteiger charge is 2.13. The second kappa shape index (κ2) is 7.57. The molecule has 0 radical (unpaired) electrons. The minimum atomic E-state index is -0.400. The fraction of sp³-hybridized carbons (Fsp3) is 0.188.